The molecule has 14 heavy (non-hydrogen) atoms. The molecular weight excluding hydrogens is 182 g/mol. The first-order valence-electron chi connectivity index (χ1n) is 5.27. The van der Waals surface area contributed by atoms with Gasteiger partial charge in [0.15, 0.2) is 0 Å². The number of aliphatic hydroxyl groups excluding tert-OH is 1. The van der Waals surface area contributed by atoms with Gasteiger partial charge in [0, 0.05) is 19.0 Å². The normalized spacial score (nSPS) is 38.3. The fraction of sp³-hybridized carbons (Fsp3) is 0.900. The standard InChI is InChI=1S/C10H17NO3/c12-7-10(14)4-3-9(13)11-5-1-2-8(11)6-10/h8,12,14H,1-7H2/t8-,10-/m0/s1. The Labute approximate surface area is 83.5 Å². The lowest BCUT2D eigenvalue weighted by molar-refractivity contribution is -0.131. The number of carbonyl (C=O) groups is 1. The zero-order valence-corrected chi connectivity index (χ0v) is 8.28. The van der Waals surface area contributed by atoms with Gasteiger partial charge in [-0.05, 0) is 25.7 Å². The summed E-state index contributed by atoms with van der Waals surface area (Å²) in [6.45, 7) is 0.593. The highest BCUT2D eigenvalue weighted by Crippen LogP contribution is 2.32. The lowest BCUT2D eigenvalue weighted by atomic mass is 9.92. The summed E-state index contributed by atoms with van der Waals surface area (Å²) in [5.41, 5.74) is -1.03. The molecule has 0 saturated carbocycles. The van der Waals surface area contributed by atoms with Crippen LogP contribution in [0.5, 0.6) is 0 Å². The molecule has 1 amide bonds. The molecule has 2 saturated heterocycles. The van der Waals surface area contributed by atoms with E-state index in [1.165, 1.54) is 0 Å². The van der Waals surface area contributed by atoms with Gasteiger partial charge in [0.05, 0.1) is 12.2 Å². The van der Waals surface area contributed by atoms with Crippen LogP contribution in [0, 0.1) is 0 Å². The van der Waals surface area contributed by atoms with Gasteiger partial charge in [-0.2, -0.15) is 0 Å². The Kier molecular flexibility index (Phi) is 2.49. The van der Waals surface area contributed by atoms with Crippen LogP contribution in [0.2, 0.25) is 0 Å². The molecule has 0 spiro atoms. The number of fused-ring (bicyclic) bond motifs is 1. The van der Waals surface area contributed by atoms with Crippen LogP contribution in [-0.2, 0) is 4.79 Å². The molecule has 2 fully saturated rings. The van der Waals surface area contributed by atoms with Crippen LogP contribution in [0.25, 0.3) is 0 Å². The summed E-state index contributed by atoms with van der Waals surface area (Å²) in [5.74, 6) is 0.136. The van der Waals surface area contributed by atoms with Crippen molar-refractivity contribution in [1.82, 2.24) is 4.90 Å². The summed E-state index contributed by atoms with van der Waals surface area (Å²) in [4.78, 5) is 13.5. The van der Waals surface area contributed by atoms with Gasteiger partial charge in [-0.25, -0.2) is 0 Å². The minimum Gasteiger partial charge on any atom is -0.393 e. The molecule has 2 N–H and O–H groups in total. The highest BCUT2D eigenvalue weighted by Gasteiger charge is 2.40. The minimum absolute atomic E-state index is 0.136. The topological polar surface area (TPSA) is 60.8 Å². The van der Waals surface area contributed by atoms with Crippen LogP contribution in [0.15, 0.2) is 0 Å². The zero-order valence-electron chi connectivity index (χ0n) is 8.28. The van der Waals surface area contributed by atoms with Crippen LogP contribution < -0.4 is 0 Å². The first kappa shape index (κ1) is 9.93. The van der Waals surface area contributed by atoms with Crippen LogP contribution >= 0.6 is 0 Å². The van der Waals surface area contributed by atoms with Crippen molar-refractivity contribution in [2.45, 2.75) is 43.7 Å². The van der Waals surface area contributed by atoms with E-state index in [0.717, 1.165) is 19.4 Å². The second-order valence-corrected chi connectivity index (χ2v) is 4.47. The van der Waals surface area contributed by atoms with Gasteiger partial charge in [0.25, 0.3) is 0 Å². The number of hydrogen-bond acceptors (Lipinski definition) is 3. The Hall–Kier alpha value is -0.610. The second kappa shape index (κ2) is 3.51. The molecule has 2 aliphatic heterocycles. The number of carbonyl (C=O) groups excluding carboxylic acids is 1. The molecule has 4 heteroatoms. The van der Waals surface area contributed by atoms with Gasteiger partial charge in [0.1, 0.15) is 0 Å². The van der Waals surface area contributed by atoms with Gasteiger partial charge in [-0.3, -0.25) is 4.79 Å². The van der Waals surface area contributed by atoms with Gasteiger partial charge >= 0.3 is 0 Å². The Balaban J connectivity index is 2.15. The Bertz CT molecular complexity index is 244. The first-order chi connectivity index (χ1) is 6.64. The third-order valence-electron chi connectivity index (χ3n) is 3.41. The number of hydrogen-bond donors (Lipinski definition) is 2. The first-order valence-corrected chi connectivity index (χ1v) is 5.27. The highest BCUT2D eigenvalue weighted by molar-refractivity contribution is 5.77. The van der Waals surface area contributed by atoms with Gasteiger partial charge in [-0.15, -0.1) is 0 Å². The minimum atomic E-state index is -1.03. The molecule has 2 rings (SSSR count). The molecule has 0 radical (unpaired) electrons. The average Bonchev–Trinajstić information content (AvgIpc) is 2.58. The van der Waals surface area contributed by atoms with Crippen LogP contribution in [0.3, 0.4) is 0 Å². The van der Waals surface area contributed by atoms with E-state index in [9.17, 15) is 9.90 Å². The quantitative estimate of drug-likeness (QED) is 0.619. The lowest BCUT2D eigenvalue weighted by Crippen LogP contribution is -2.39. The Morgan fingerprint density at radius 2 is 2.36 bits per heavy atom. The number of aliphatic hydroxyl groups is 2. The molecule has 4 nitrogen and oxygen atoms in total. The van der Waals surface area contributed by atoms with Gasteiger partial charge in [-0.1, -0.05) is 0 Å². The number of rotatable bonds is 1. The maximum atomic E-state index is 11.6. The van der Waals surface area contributed by atoms with E-state index >= 15 is 0 Å². The Morgan fingerprint density at radius 1 is 1.57 bits per heavy atom. The summed E-state index contributed by atoms with van der Waals surface area (Å²) < 4.78 is 0. The summed E-state index contributed by atoms with van der Waals surface area (Å²) in [6.07, 6.45) is 3.30. The maximum Gasteiger partial charge on any atom is 0.222 e. The highest BCUT2D eigenvalue weighted by atomic mass is 16.3. The van der Waals surface area contributed by atoms with E-state index in [2.05, 4.69) is 0 Å². The summed E-state index contributed by atoms with van der Waals surface area (Å²) in [7, 11) is 0. The molecule has 0 bridgehead atoms. The SMILES string of the molecule is O=C1CC[C@@](O)(CO)C[C@@H]2CCCN12. The van der Waals surface area contributed by atoms with Gasteiger partial charge < -0.3 is 15.1 Å². The zero-order chi connectivity index (χ0) is 10.2. The molecule has 2 heterocycles. The number of nitrogens with zero attached hydrogens (tertiary/aromatic N) is 1. The van der Waals surface area contributed by atoms with Crippen LogP contribution in [0.4, 0.5) is 0 Å². The number of amides is 1. The van der Waals surface area contributed by atoms with Crippen molar-refractivity contribution in [2.24, 2.45) is 0 Å². The lowest BCUT2D eigenvalue weighted by Gasteiger charge is -2.28. The predicted molar refractivity (Wildman–Crippen MR) is 50.6 cm³/mol. The van der Waals surface area contributed by atoms with Crippen molar-refractivity contribution in [3.05, 3.63) is 0 Å². The van der Waals surface area contributed by atoms with Gasteiger partial charge in [0.2, 0.25) is 5.91 Å². The van der Waals surface area contributed by atoms with Crippen molar-refractivity contribution < 1.29 is 15.0 Å². The second-order valence-electron chi connectivity index (χ2n) is 4.47. The molecule has 2 aliphatic rings. The third-order valence-corrected chi connectivity index (χ3v) is 3.41. The molecule has 0 unspecified atom stereocenters. The van der Waals surface area contributed by atoms with Crippen molar-refractivity contribution in [3.63, 3.8) is 0 Å². The van der Waals surface area contributed by atoms with E-state index in [1.54, 1.807) is 0 Å². The molecule has 80 valence electrons. The molecule has 0 aromatic rings. The van der Waals surface area contributed by atoms with E-state index in [4.69, 9.17) is 5.11 Å². The smallest absolute Gasteiger partial charge is 0.222 e. The summed E-state index contributed by atoms with van der Waals surface area (Å²) in [6, 6.07) is 0.155. The summed E-state index contributed by atoms with van der Waals surface area (Å²) in [5, 5.41) is 19.1. The van der Waals surface area contributed by atoms with E-state index in [-0.39, 0.29) is 18.6 Å². The van der Waals surface area contributed by atoms with Crippen molar-refractivity contribution in [2.75, 3.05) is 13.2 Å². The molecular formula is C10H17NO3. The van der Waals surface area contributed by atoms with E-state index in [0.29, 0.717) is 19.3 Å². The average molecular weight is 199 g/mol. The van der Waals surface area contributed by atoms with Crippen LogP contribution in [0.1, 0.15) is 32.1 Å². The van der Waals surface area contributed by atoms with E-state index < -0.39 is 5.60 Å². The Morgan fingerprint density at radius 3 is 3.07 bits per heavy atom. The molecule has 0 aromatic carbocycles. The third kappa shape index (κ3) is 1.64. The fourth-order valence-electron chi connectivity index (χ4n) is 2.54. The molecule has 0 aliphatic carbocycles. The maximum absolute atomic E-state index is 11.6. The van der Waals surface area contributed by atoms with E-state index in [1.807, 2.05) is 4.90 Å². The van der Waals surface area contributed by atoms with Crippen molar-refractivity contribution in [3.8, 4) is 0 Å². The van der Waals surface area contributed by atoms with Crippen molar-refractivity contribution >= 4 is 5.91 Å². The monoisotopic (exact) mass is 199 g/mol. The largest absolute Gasteiger partial charge is 0.393 e. The fourth-order valence-corrected chi connectivity index (χ4v) is 2.54. The molecule has 0 aromatic heterocycles. The van der Waals surface area contributed by atoms with Crippen molar-refractivity contribution in [1.29, 1.82) is 0 Å². The summed E-state index contributed by atoms with van der Waals surface area (Å²) >= 11 is 0. The van der Waals surface area contributed by atoms with Crippen LogP contribution in [-0.4, -0.2) is 45.8 Å². The predicted octanol–water partition coefficient (Wildman–Crippen LogP) is -0.115. The molecule has 2 atom stereocenters.